The Bertz CT molecular complexity index is 861. The predicted molar refractivity (Wildman–Crippen MR) is 83.9 cm³/mol. The molecule has 1 heterocycles. The summed E-state index contributed by atoms with van der Waals surface area (Å²) in [7, 11) is 1.62. The molecule has 0 amide bonds. The summed E-state index contributed by atoms with van der Waals surface area (Å²) in [5.74, 6) is 0.760. The number of H-pyrrole nitrogens is 1. The van der Waals surface area contributed by atoms with Gasteiger partial charge in [-0.2, -0.15) is 0 Å². The van der Waals surface area contributed by atoms with Gasteiger partial charge in [-0.25, -0.2) is 4.98 Å². The molecule has 3 N–H and O–H groups in total. The van der Waals surface area contributed by atoms with Crippen LogP contribution in [0.5, 0.6) is 5.75 Å². The van der Waals surface area contributed by atoms with Crippen LogP contribution >= 0.6 is 11.8 Å². The molecule has 0 radical (unpaired) electrons. The topological polar surface area (TPSA) is 81.0 Å². The van der Waals surface area contributed by atoms with Crippen LogP contribution in [0.3, 0.4) is 0 Å². The van der Waals surface area contributed by atoms with E-state index < -0.39 is 0 Å². The molecule has 2 aromatic carbocycles. The molecule has 5 nitrogen and oxygen atoms in total. The Morgan fingerprint density at radius 1 is 1.24 bits per heavy atom. The molecule has 0 aliphatic heterocycles. The van der Waals surface area contributed by atoms with Gasteiger partial charge in [-0.15, -0.1) is 0 Å². The van der Waals surface area contributed by atoms with Crippen LogP contribution in [0.15, 0.2) is 57.3 Å². The van der Waals surface area contributed by atoms with E-state index in [1.165, 1.54) is 11.8 Å². The summed E-state index contributed by atoms with van der Waals surface area (Å²) in [5, 5.41) is 1.02. The van der Waals surface area contributed by atoms with Crippen molar-refractivity contribution in [3.8, 4) is 5.75 Å². The lowest BCUT2D eigenvalue weighted by Crippen LogP contribution is -2.09. The fourth-order valence-electron chi connectivity index (χ4n) is 1.96. The van der Waals surface area contributed by atoms with Crippen molar-refractivity contribution >= 4 is 28.4 Å². The maximum Gasteiger partial charge on any atom is 0.259 e. The minimum Gasteiger partial charge on any atom is -0.497 e. The van der Waals surface area contributed by atoms with Crippen molar-refractivity contribution in [1.82, 2.24) is 9.97 Å². The van der Waals surface area contributed by atoms with Crippen molar-refractivity contribution in [2.24, 2.45) is 0 Å². The minimum atomic E-state index is -0.197. The highest BCUT2D eigenvalue weighted by molar-refractivity contribution is 7.99. The van der Waals surface area contributed by atoms with Gasteiger partial charge in [-0.3, -0.25) is 4.79 Å². The molecule has 0 bridgehead atoms. The summed E-state index contributed by atoms with van der Waals surface area (Å²) >= 11 is 1.37. The number of nitrogen functional groups attached to an aromatic ring is 1. The molecule has 0 unspecified atom stereocenters. The second kappa shape index (κ2) is 5.49. The Balaban J connectivity index is 2.01. The quantitative estimate of drug-likeness (QED) is 0.574. The van der Waals surface area contributed by atoms with Crippen molar-refractivity contribution in [2.45, 2.75) is 10.1 Å². The predicted octanol–water partition coefficient (Wildman–Crippen LogP) is 2.67. The Hall–Kier alpha value is -2.47. The molecule has 0 saturated heterocycles. The van der Waals surface area contributed by atoms with Crippen LogP contribution in [0.4, 0.5) is 5.69 Å². The number of hydrogen-bond acceptors (Lipinski definition) is 5. The molecular formula is C15H13N3O2S. The van der Waals surface area contributed by atoms with E-state index in [-0.39, 0.29) is 5.56 Å². The molecule has 0 spiro atoms. The highest BCUT2D eigenvalue weighted by Gasteiger charge is 2.06. The van der Waals surface area contributed by atoms with E-state index in [9.17, 15) is 4.79 Å². The Labute approximate surface area is 125 Å². The molecule has 0 fully saturated rings. The van der Waals surface area contributed by atoms with Crippen molar-refractivity contribution in [1.29, 1.82) is 0 Å². The fourth-order valence-corrected chi connectivity index (χ4v) is 2.79. The first-order valence-corrected chi connectivity index (χ1v) is 7.09. The number of anilines is 1. The van der Waals surface area contributed by atoms with E-state index in [0.717, 1.165) is 10.6 Å². The van der Waals surface area contributed by atoms with E-state index in [0.29, 0.717) is 21.7 Å². The minimum absolute atomic E-state index is 0.197. The molecule has 6 heteroatoms. The number of aromatic nitrogens is 2. The lowest BCUT2D eigenvalue weighted by molar-refractivity contribution is 0.413. The number of nitrogens with one attached hydrogen (secondary N) is 1. The normalized spacial score (nSPS) is 10.7. The zero-order valence-corrected chi connectivity index (χ0v) is 12.1. The third kappa shape index (κ3) is 2.85. The summed E-state index contributed by atoms with van der Waals surface area (Å²) < 4.78 is 5.18. The van der Waals surface area contributed by atoms with Crippen molar-refractivity contribution in [2.75, 3.05) is 12.8 Å². The molecule has 0 saturated carbocycles. The van der Waals surface area contributed by atoms with Crippen LogP contribution in [0, 0.1) is 0 Å². The first kappa shape index (κ1) is 13.5. The van der Waals surface area contributed by atoms with Crippen LogP contribution in [0.1, 0.15) is 0 Å². The van der Waals surface area contributed by atoms with Gasteiger partial charge in [0.1, 0.15) is 5.75 Å². The van der Waals surface area contributed by atoms with Crippen LogP contribution in [-0.4, -0.2) is 17.1 Å². The van der Waals surface area contributed by atoms with Crippen LogP contribution in [0.25, 0.3) is 10.9 Å². The van der Waals surface area contributed by atoms with Crippen LogP contribution in [0.2, 0.25) is 0 Å². The van der Waals surface area contributed by atoms with Gasteiger partial charge in [0.25, 0.3) is 5.56 Å². The van der Waals surface area contributed by atoms with Crippen LogP contribution < -0.4 is 16.0 Å². The zero-order chi connectivity index (χ0) is 14.8. The average Bonchev–Trinajstić information content (AvgIpc) is 2.48. The van der Waals surface area contributed by atoms with Gasteiger partial charge in [0.15, 0.2) is 5.16 Å². The van der Waals surface area contributed by atoms with Gasteiger partial charge >= 0.3 is 0 Å². The Morgan fingerprint density at radius 2 is 2.10 bits per heavy atom. The summed E-state index contributed by atoms with van der Waals surface area (Å²) in [5.41, 5.74) is 6.66. The van der Waals surface area contributed by atoms with Gasteiger partial charge in [-0.1, -0.05) is 17.8 Å². The van der Waals surface area contributed by atoms with E-state index in [1.54, 1.807) is 25.3 Å². The number of nitrogens with two attached hydrogens (primary N) is 1. The first-order valence-electron chi connectivity index (χ1n) is 6.27. The molecular weight excluding hydrogens is 286 g/mol. The Kier molecular flexibility index (Phi) is 3.53. The largest absolute Gasteiger partial charge is 0.497 e. The number of fused-ring (bicyclic) bond motifs is 1. The number of nitrogens with zero attached hydrogens (tertiary/aromatic N) is 1. The van der Waals surface area contributed by atoms with Gasteiger partial charge in [0.05, 0.1) is 18.0 Å². The van der Waals surface area contributed by atoms with E-state index in [2.05, 4.69) is 9.97 Å². The third-order valence-corrected chi connectivity index (χ3v) is 3.84. The first-order chi connectivity index (χ1) is 10.2. The number of rotatable bonds is 3. The van der Waals surface area contributed by atoms with Gasteiger partial charge in [0.2, 0.25) is 0 Å². The lowest BCUT2D eigenvalue weighted by Gasteiger charge is -2.05. The molecule has 21 heavy (non-hydrogen) atoms. The zero-order valence-electron chi connectivity index (χ0n) is 11.3. The summed E-state index contributed by atoms with van der Waals surface area (Å²) in [6.45, 7) is 0. The third-order valence-electron chi connectivity index (χ3n) is 2.96. The number of ether oxygens (including phenoxy) is 1. The molecule has 3 rings (SSSR count). The Morgan fingerprint density at radius 3 is 2.90 bits per heavy atom. The molecule has 1 aromatic heterocycles. The highest BCUT2D eigenvalue weighted by atomic mass is 32.2. The SMILES string of the molecule is COc1cccc(Sc2nc3ccc(N)cc3c(=O)[nH]2)c1. The van der Waals surface area contributed by atoms with E-state index in [1.807, 2.05) is 24.3 Å². The van der Waals surface area contributed by atoms with Gasteiger partial charge in [-0.05, 0) is 36.4 Å². The number of methoxy groups -OCH3 is 1. The smallest absolute Gasteiger partial charge is 0.259 e. The van der Waals surface area contributed by atoms with Gasteiger partial charge in [0, 0.05) is 10.6 Å². The molecule has 3 aromatic rings. The van der Waals surface area contributed by atoms with Gasteiger partial charge < -0.3 is 15.5 Å². The number of benzene rings is 2. The van der Waals surface area contributed by atoms with E-state index >= 15 is 0 Å². The maximum absolute atomic E-state index is 12.1. The monoisotopic (exact) mass is 299 g/mol. The molecule has 0 aliphatic rings. The molecule has 106 valence electrons. The fraction of sp³-hybridized carbons (Fsp3) is 0.0667. The van der Waals surface area contributed by atoms with Crippen molar-refractivity contribution in [3.05, 3.63) is 52.8 Å². The van der Waals surface area contributed by atoms with E-state index in [4.69, 9.17) is 10.5 Å². The van der Waals surface area contributed by atoms with Crippen molar-refractivity contribution in [3.63, 3.8) is 0 Å². The lowest BCUT2D eigenvalue weighted by atomic mass is 10.2. The van der Waals surface area contributed by atoms with Crippen LogP contribution in [-0.2, 0) is 0 Å². The summed E-state index contributed by atoms with van der Waals surface area (Å²) in [6.07, 6.45) is 0. The van der Waals surface area contributed by atoms with Crippen molar-refractivity contribution < 1.29 is 4.74 Å². The number of aromatic amines is 1. The second-order valence-corrected chi connectivity index (χ2v) is 5.49. The summed E-state index contributed by atoms with van der Waals surface area (Å²) in [6, 6.07) is 12.7. The average molecular weight is 299 g/mol. The molecule has 0 atom stereocenters. The number of hydrogen-bond donors (Lipinski definition) is 2. The highest BCUT2D eigenvalue weighted by Crippen LogP contribution is 2.27. The standard InChI is InChI=1S/C15H13N3O2S/c1-20-10-3-2-4-11(8-10)21-15-17-13-6-5-9(16)7-12(13)14(19)18-15/h2-8H,16H2,1H3,(H,17,18,19). The second-order valence-electron chi connectivity index (χ2n) is 4.43. The summed E-state index contributed by atoms with van der Waals surface area (Å²) in [4.78, 5) is 20.2. The maximum atomic E-state index is 12.1. The molecule has 0 aliphatic carbocycles.